The third-order valence-electron chi connectivity index (χ3n) is 3.16. The summed E-state index contributed by atoms with van der Waals surface area (Å²) >= 11 is 3.43. The molecule has 0 aliphatic rings. The van der Waals surface area contributed by atoms with Crippen LogP contribution in [0.1, 0.15) is 18.5 Å². The van der Waals surface area contributed by atoms with Crippen LogP contribution >= 0.6 is 15.9 Å². The van der Waals surface area contributed by atoms with Crippen molar-refractivity contribution in [3.05, 3.63) is 52.5 Å². The summed E-state index contributed by atoms with van der Waals surface area (Å²) in [4.78, 5) is 4.38. The van der Waals surface area contributed by atoms with Crippen molar-refractivity contribution in [2.75, 3.05) is 11.1 Å². The predicted octanol–water partition coefficient (Wildman–Crippen LogP) is 4.35. The maximum atomic E-state index is 5.87. The number of aromatic nitrogens is 1. The molecular formula is C15H14BrN3O. The summed E-state index contributed by atoms with van der Waals surface area (Å²) in [5.74, 6) is 0. The molecule has 0 amide bonds. The van der Waals surface area contributed by atoms with Crippen molar-refractivity contribution in [2.24, 2.45) is 0 Å². The topological polar surface area (TPSA) is 64.1 Å². The van der Waals surface area contributed by atoms with Gasteiger partial charge in [0.1, 0.15) is 5.52 Å². The van der Waals surface area contributed by atoms with Crippen LogP contribution in [0, 0.1) is 0 Å². The van der Waals surface area contributed by atoms with Crippen LogP contribution in [0.15, 0.2) is 51.4 Å². The summed E-state index contributed by atoms with van der Waals surface area (Å²) in [6.07, 6.45) is 0. The number of nitrogens with zero attached hydrogens (tertiary/aromatic N) is 1. The highest BCUT2D eigenvalue weighted by Crippen LogP contribution is 2.26. The molecule has 0 bridgehead atoms. The van der Waals surface area contributed by atoms with E-state index >= 15 is 0 Å². The third kappa shape index (κ3) is 2.49. The Bertz CT molecular complexity index is 736. The van der Waals surface area contributed by atoms with Crippen LogP contribution in [0.2, 0.25) is 0 Å². The van der Waals surface area contributed by atoms with E-state index in [1.807, 2.05) is 30.3 Å². The van der Waals surface area contributed by atoms with Crippen molar-refractivity contribution >= 4 is 38.7 Å². The quantitative estimate of drug-likeness (QED) is 0.700. The van der Waals surface area contributed by atoms with Gasteiger partial charge in [0, 0.05) is 4.47 Å². The summed E-state index contributed by atoms with van der Waals surface area (Å²) in [5, 5.41) is 3.25. The Morgan fingerprint density at radius 1 is 1.20 bits per heavy atom. The van der Waals surface area contributed by atoms with Crippen LogP contribution in [0.25, 0.3) is 11.1 Å². The predicted molar refractivity (Wildman–Crippen MR) is 84.6 cm³/mol. The van der Waals surface area contributed by atoms with E-state index in [0.717, 1.165) is 10.0 Å². The van der Waals surface area contributed by atoms with E-state index < -0.39 is 0 Å². The number of nitrogens with two attached hydrogens (primary N) is 1. The standard InChI is InChI=1S/C15H14BrN3O/c1-9(10-5-7-11(16)8-6-10)18-15-19-14-12(17)3-2-4-13(14)20-15/h2-9H,17H2,1H3,(H,18,19). The number of anilines is 2. The Balaban J connectivity index is 1.85. The Morgan fingerprint density at radius 2 is 1.95 bits per heavy atom. The Kier molecular flexibility index (Phi) is 3.36. The number of oxazole rings is 1. The highest BCUT2D eigenvalue weighted by Gasteiger charge is 2.11. The molecule has 102 valence electrons. The maximum absolute atomic E-state index is 5.87. The normalized spacial score (nSPS) is 12.5. The van der Waals surface area contributed by atoms with Gasteiger partial charge in [-0.2, -0.15) is 4.98 Å². The SMILES string of the molecule is CC(Nc1nc2c(N)cccc2o1)c1ccc(Br)cc1. The van der Waals surface area contributed by atoms with Crippen molar-refractivity contribution in [3.63, 3.8) is 0 Å². The molecule has 0 radical (unpaired) electrons. The molecule has 3 rings (SSSR count). The summed E-state index contributed by atoms with van der Waals surface area (Å²) in [6, 6.07) is 14.2. The Hall–Kier alpha value is -2.01. The van der Waals surface area contributed by atoms with E-state index in [1.165, 1.54) is 0 Å². The van der Waals surface area contributed by atoms with Crippen LogP contribution in [-0.2, 0) is 0 Å². The molecule has 0 spiro atoms. The van der Waals surface area contributed by atoms with Crippen molar-refractivity contribution in [3.8, 4) is 0 Å². The minimum atomic E-state index is 0.0948. The van der Waals surface area contributed by atoms with Crippen LogP contribution in [-0.4, -0.2) is 4.98 Å². The van der Waals surface area contributed by atoms with Crippen molar-refractivity contribution < 1.29 is 4.42 Å². The number of para-hydroxylation sites is 1. The van der Waals surface area contributed by atoms with Crippen LogP contribution < -0.4 is 11.1 Å². The van der Waals surface area contributed by atoms with Crippen molar-refractivity contribution in [1.82, 2.24) is 4.98 Å². The molecular weight excluding hydrogens is 318 g/mol. The second kappa shape index (κ2) is 5.17. The molecule has 5 heteroatoms. The Morgan fingerprint density at radius 3 is 2.65 bits per heavy atom. The van der Waals surface area contributed by atoms with Gasteiger partial charge in [-0.05, 0) is 36.8 Å². The summed E-state index contributed by atoms with van der Waals surface area (Å²) in [7, 11) is 0. The van der Waals surface area contributed by atoms with Gasteiger partial charge in [-0.15, -0.1) is 0 Å². The second-order valence-corrected chi connectivity index (χ2v) is 5.55. The third-order valence-corrected chi connectivity index (χ3v) is 3.69. The van der Waals surface area contributed by atoms with Crippen LogP contribution in [0.5, 0.6) is 0 Å². The second-order valence-electron chi connectivity index (χ2n) is 4.63. The van der Waals surface area contributed by atoms with Crippen molar-refractivity contribution in [2.45, 2.75) is 13.0 Å². The molecule has 3 aromatic rings. The number of benzene rings is 2. The first-order chi connectivity index (χ1) is 9.63. The van der Waals surface area contributed by atoms with Gasteiger partial charge in [-0.25, -0.2) is 0 Å². The fourth-order valence-electron chi connectivity index (χ4n) is 2.05. The molecule has 0 aliphatic carbocycles. The molecule has 2 aromatic carbocycles. The van der Waals surface area contributed by atoms with E-state index in [4.69, 9.17) is 10.2 Å². The lowest BCUT2D eigenvalue weighted by Crippen LogP contribution is -2.06. The molecule has 3 N–H and O–H groups in total. The van der Waals surface area contributed by atoms with Gasteiger partial charge in [0.25, 0.3) is 6.01 Å². The number of hydrogen-bond donors (Lipinski definition) is 2. The number of halogens is 1. The minimum absolute atomic E-state index is 0.0948. The van der Waals surface area contributed by atoms with Crippen LogP contribution in [0.3, 0.4) is 0 Å². The number of hydrogen-bond acceptors (Lipinski definition) is 4. The number of rotatable bonds is 3. The van der Waals surface area contributed by atoms with Crippen molar-refractivity contribution in [1.29, 1.82) is 0 Å². The monoisotopic (exact) mass is 331 g/mol. The van der Waals surface area contributed by atoms with E-state index in [0.29, 0.717) is 22.8 Å². The van der Waals surface area contributed by atoms with E-state index in [9.17, 15) is 0 Å². The average Bonchev–Trinajstić information content (AvgIpc) is 2.83. The number of nitrogen functional groups attached to an aromatic ring is 1. The molecule has 20 heavy (non-hydrogen) atoms. The lowest BCUT2D eigenvalue weighted by atomic mass is 10.1. The minimum Gasteiger partial charge on any atom is -0.423 e. The zero-order valence-corrected chi connectivity index (χ0v) is 12.5. The highest BCUT2D eigenvalue weighted by molar-refractivity contribution is 9.10. The molecule has 0 saturated carbocycles. The first-order valence-electron chi connectivity index (χ1n) is 6.30. The zero-order valence-electron chi connectivity index (χ0n) is 10.9. The van der Waals surface area contributed by atoms with E-state index in [2.05, 4.69) is 45.3 Å². The average molecular weight is 332 g/mol. The van der Waals surface area contributed by atoms with Crippen LogP contribution in [0.4, 0.5) is 11.7 Å². The fraction of sp³-hybridized carbons (Fsp3) is 0.133. The molecule has 1 heterocycles. The van der Waals surface area contributed by atoms with Gasteiger partial charge < -0.3 is 15.5 Å². The molecule has 0 aliphatic heterocycles. The van der Waals surface area contributed by atoms with Gasteiger partial charge in [-0.1, -0.05) is 34.1 Å². The first-order valence-corrected chi connectivity index (χ1v) is 7.10. The fourth-order valence-corrected chi connectivity index (χ4v) is 2.32. The van der Waals surface area contributed by atoms with Gasteiger partial charge in [0.2, 0.25) is 0 Å². The lowest BCUT2D eigenvalue weighted by molar-refractivity contribution is 0.604. The maximum Gasteiger partial charge on any atom is 0.296 e. The lowest BCUT2D eigenvalue weighted by Gasteiger charge is -2.12. The Labute approximate surface area is 125 Å². The van der Waals surface area contributed by atoms with Gasteiger partial charge in [0.15, 0.2) is 5.58 Å². The zero-order chi connectivity index (χ0) is 14.1. The summed E-state index contributed by atoms with van der Waals surface area (Å²) < 4.78 is 6.71. The smallest absolute Gasteiger partial charge is 0.296 e. The molecule has 1 atom stereocenters. The highest BCUT2D eigenvalue weighted by atomic mass is 79.9. The molecule has 4 nitrogen and oxygen atoms in total. The summed E-state index contributed by atoms with van der Waals surface area (Å²) in [6.45, 7) is 2.06. The van der Waals surface area contributed by atoms with E-state index in [-0.39, 0.29) is 6.04 Å². The van der Waals surface area contributed by atoms with E-state index in [1.54, 1.807) is 0 Å². The largest absolute Gasteiger partial charge is 0.423 e. The molecule has 1 aromatic heterocycles. The number of nitrogens with one attached hydrogen (secondary N) is 1. The molecule has 1 unspecified atom stereocenters. The number of fused-ring (bicyclic) bond motifs is 1. The molecule has 0 saturated heterocycles. The van der Waals surface area contributed by atoms with Gasteiger partial charge in [0.05, 0.1) is 11.7 Å². The molecule has 0 fully saturated rings. The first kappa shape index (κ1) is 13.0. The summed E-state index contributed by atoms with van der Waals surface area (Å²) in [5.41, 5.74) is 9.03. The van der Waals surface area contributed by atoms with Gasteiger partial charge >= 0.3 is 0 Å². The van der Waals surface area contributed by atoms with Gasteiger partial charge in [-0.3, -0.25) is 0 Å².